The molecule has 3 N–H and O–H groups in total. The van der Waals surface area contributed by atoms with E-state index in [1.807, 2.05) is 24.3 Å². The third-order valence-electron chi connectivity index (χ3n) is 11.3. The maximum Gasteiger partial charge on any atom is 0.306 e. The summed E-state index contributed by atoms with van der Waals surface area (Å²) in [5.74, 6) is -0.543. The standard InChI is InChI=1S/C56H97NO5/c1-4-7-10-13-16-19-22-25-26-27-28-31-34-37-40-43-46-49-56(61)62-52(47-44-41-38-35-32-29-23-20-17-14-11-8-5-2)50-55(60)57-53(51-58)54(59)48-45-42-39-36-33-30-24-21-18-15-12-9-6-3/h8,11,14,16-17,19-20,23,25-26,28-29,31-32,52-54,58-59H,4-7,9-10,12-13,15,18,21-22,24,27,30,33-51H2,1-3H3,(H,57,60)/b11-8+,17-14+,19-16-,23-20+,26-25-,31-28-,32-29-. The average Bonchev–Trinajstić information content (AvgIpc) is 3.26. The fourth-order valence-electron chi connectivity index (χ4n) is 7.39. The van der Waals surface area contributed by atoms with Crippen LogP contribution < -0.4 is 5.32 Å². The fraction of sp³-hybridized carbons (Fsp3) is 0.714. The lowest BCUT2D eigenvalue weighted by Gasteiger charge is -2.24. The summed E-state index contributed by atoms with van der Waals surface area (Å²) in [6.45, 7) is 6.29. The van der Waals surface area contributed by atoms with Crippen LogP contribution in [-0.4, -0.2) is 46.9 Å². The van der Waals surface area contributed by atoms with Gasteiger partial charge in [0.15, 0.2) is 0 Å². The number of hydrogen-bond acceptors (Lipinski definition) is 5. The van der Waals surface area contributed by atoms with Crippen molar-refractivity contribution < 1.29 is 24.5 Å². The lowest BCUT2D eigenvalue weighted by Crippen LogP contribution is -2.46. The van der Waals surface area contributed by atoms with Gasteiger partial charge in [-0.3, -0.25) is 9.59 Å². The molecule has 0 bridgehead atoms. The Morgan fingerprint density at radius 3 is 1.52 bits per heavy atom. The Morgan fingerprint density at radius 1 is 0.500 bits per heavy atom. The van der Waals surface area contributed by atoms with Crippen molar-refractivity contribution in [3.63, 3.8) is 0 Å². The summed E-state index contributed by atoms with van der Waals surface area (Å²) in [5, 5.41) is 23.7. The summed E-state index contributed by atoms with van der Waals surface area (Å²) in [6, 6.07) is -0.723. The first-order valence-corrected chi connectivity index (χ1v) is 25.9. The number of carbonyl (C=O) groups excluding carboxylic acids is 2. The largest absolute Gasteiger partial charge is 0.462 e. The number of nitrogens with one attached hydrogen (secondary N) is 1. The van der Waals surface area contributed by atoms with Crippen LogP contribution in [0.1, 0.15) is 233 Å². The van der Waals surface area contributed by atoms with Gasteiger partial charge >= 0.3 is 5.97 Å². The fourth-order valence-corrected chi connectivity index (χ4v) is 7.39. The number of aliphatic hydroxyl groups is 2. The molecule has 356 valence electrons. The van der Waals surface area contributed by atoms with Gasteiger partial charge in [-0.15, -0.1) is 0 Å². The van der Waals surface area contributed by atoms with Gasteiger partial charge in [-0.2, -0.15) is 0 Å². The van der Waals surface area contributed by atoms with Gasteiger partial charge < -0.3 is 20.3 Å². The van der Waals surface area contributed by atoms with E-state index in [0.29, 0.717) is 19.3 Å². The molecule has 0 saturated heterocycles. The molecule has 0 saturated carbocycles. The number of aliphatic hydroxyl groups excluding tert-OH is 2. The monoisotopic (exact) mass is 864 g/mol. The molecule has 0 aromatic rings. The van der Waals surface area contributed by atoms with Crippen molar-refractivity contribution in [1.82, 2.24) is 5.32 Å². The Hall–Kier alpha value is -2.96. The van der Waals surface area contributed by atoms with E-state index >= 15 is 0 Å². The molecule has 0 aliphatic rings. The van der Waals surface area contributed by atoms with E-state index in [2.05, 4.69) is 86.8 Å². The second kappa shape index (κ2) is 49.1. The molecule has 0 radical (unpaired) electrons. The molecular formula is C56H97NO5. The number of esters is 1. The maximum atomic E-state index is 13.2. The Morgan fingerprint density at radius 2 is 0.935 bits per heavy atom. The minimum absolute atomic E-state index is 0.0383. The van der Waals surface area contributed by atoms with Crippen LogP contribution >= 0.6 is 0 Å². The van der Waals surface area contributed by atoms with Gasteiger partial charge in [0.1, 0.15) is 6.10 Å². The Labute approximate surface area is 383 Å². The number of hydrogen-bond donors (Lipinski definition) is 3. The first-order valence-electron chi connectivity index (χ1n) is 25.9. The molecule has 0 aliphatic carbocycles. The highest BCUT2D eigenvalue weighted by Gasteiger charge is 2.24. The van der Waals surface area contributed by atoms with E-state index in [4.69, 9.17) is 4.74 Å². The molecular weight excluding hydrogens is 767 g/mol. The molecule has 3 unspecified atom stereocenters. The van der Waals surface area contributed by atoms with Crippen molar-refractivity contribution in [2.24, 2.45) is 0 Å². The van der Waals surface area contributed by atoms with E-state index in [1.165, 1.54) is 89.9 Å². The molecule has 0 aliphatic heterocycles. The summed E-state index contributed by atoms with van der Waals surface area (Å²) in [6.07, 6.45) is 63.5. The molecule has 0 aromatic carbocycles. The highest BCUT2D eigenvalue weighted by atomic mass is 16.5. The molecule has 0 heterocycles. The average molecular weight is 864 g/mol. The number of carbonyl (C=O) groups is 2. The topological polar surface area (TPSA) is 95.9 Å². The molecule has 1 amide bonds. The lowest BCUT2D eigenvalue weighted by atomic mass is 10.0. The van der Waals surface area contributed by atoms with E-state index < -0.39 is 18.2 Å². The van der Waals surface area contributed by atoms with Crippen LogP contribution in [0.2, 0.25) is 0 Å². The molecule has 0 rings (SSSR count). The number of allylic oxidation sites excluding steroid dienone is 14. The third-order valence-corrected chi connectivity index (χ3v) is 11.3. The van der Waals surface area contributed by atoms with Crippen molar-refractivity contribution in [1.29, 1.82) is 0 Å². The van der Waals surface area contributed by atoms with Gasteiger partial charge in [-0.1, -0.05) is 221 Å². The third kappa shape index (κ3) is 43.7. The zero-order valence-electron chi connectivity index (χ0n) is 40.5. The summed E-state index contributed by atoms with van der Waals surface area (Å²) < 4.78 is 5.90. The smallest absolute Gasteiger partial charge is 0.306 e. The van der Waals surface area contributed by atoms with Crippen LogP contribution in [0.15, 0.2) is 85.1 Å². The van der Waals surface area contributed by atoms with E-state index in [0.717, 1.165) is 96.3 Å². The molecule has 0 spiro atoms. The Bertz CT molecular complexity index is 1200. The SMILES string of the molecule is CC/C=C/C=C/C=C/C=C\CCCCCC(CC(=O)NC(CO)C(O)CCCCCCCCCCCCCCC)OC(=O)CCCCCC/C=C\C/C=C\C/C=C\CCCCC. The van der Waals surface area contributed by atoms with E-state index in [-0.39, 0.29) is 24.9 Å². The maximum absolute atomic E-state index is 13.2. The van der Waals surface area contributed by atoms with Crippen LogP contribution in [0.4, 0.5) is 0 Å². The number of unbranched alkanes of at least 4 members (excludes halogenated alkanes) is 22. The van der Waals surface area contributed by atoms with Crippen molar-refractivity contribution >= 4 is 11.9 Å². The van der Waals surface area contributed by atoms with Gasteiger partial charge in [-0.25, -0.2) is 0 Å². The van der Waals surface area contributed by atoms with Gasteiger partial charge in [0.25, 0.3) is 0 Å². The quantitative estimate of drug-likeness (QED) is 0.0245. The molecule has 62 heavy (non-hydrogen) atoms. The van der Waals surface area contributed by atoms with Crippen LogP contribution in [0.25, 0.3) is 0 Å². The van der Waals surface area contributed by atoms with E-state index in [1.54, 1.807) is 0 Å². The summed E-state index contributed by atoms with van der Waals surface area (Å²) in [7, 11) is 0. The van der Waals surface area contributed by atoms with E-state index in [9.17, 15) is 19.8 Å². The predicted molar refractivity (Wildman–Crippen MR) is 268 cm³/mol. The minimum Gasteiger partial charge on any atom is -0.462 e. The molecule has 0 aromatic heterocycles. The van der Waals surface area contributed by atoms with Gasteiger partial charge in [0.05, 0.1) is 25.2 Å². The van der Waals surface area contributed by atoms with Crippen molar-refractivity contribution in [3.8, 4) is 0 Å². The Kier molecular flexibility index (Phi) is 46.7. The second-order valence-corrected chi connectivity index (χ2v) is 17.3. The predicted octanol–water partition coefficient (Wildman–Crippen LogP) is 15.6. The highest BCUT2D eigenvalue weighted by molar-refractivity contribution is 5.77. The minimum atomic E-state index is -0.806. The van der Waals surface area contributed by atoms with Crippen LogP contribution in [-0.2, 0) is 14.3 Å². The molecule has 6 nitrogen and oxygen atoms in total. The van der Waals surface area contributed by atoms with Crippen molar-refractivity contribution in [3.05, 3.63) is 85.1 Å². The van der Waals surface area contributed by atoms with Crippen LogP contribution in [0, 0.1) is 0 Å². The first kappa shape index (κ1) is 59.0. The lowest BCUT2D eigenvalue weighted by molar-refractivity contribution is -0.151. The summed E-state index contributed by atoms with van der Waals surface area (Å²) in [4.78, 5) is 26.1. The van der Waals surface area contributed by atoms with Gasteiger partial charge in [0.2, 0.25) is 5.91 Å². The highest BCUT2D eigenvalue weighted by Crippen LogP contribution is 2.17. The summed E-state index contributed by atoms with van der Waals surface area (Å²) >= 11 is 0. The van der Waals surface area contributed by atoms with Gasteiger partial charge in [0, 0.05) is 6.42 Å². The summed E-state index contributed by atoms with van der Waals surface area (Å²) in [5.41, 5.74) is 0. The first-order chi connectivity index (χ1) is 30.5. The number of ether oxygens (including phenoxy) is 1. The van der Waals surface area contributed by atoms with Crippen LogP contribution in [0.5, 0.6) is 0 Å². The Balaban J connectivity index is 4.67. The molecule has 0 fully saturated rings. The zero-order chi connectivity index (χ0) is 45.2. The van der Waals surface area contributed by atoms with Crippen LogP contribution in [0.3, 0.4) is 0 Å². The zero-order valence-corrected chi connectivity index (χ0v) is 40.5. The van der Waals surface area contributed by atoms with Gasteiger partial charge in [-0.05, 0) is 83.5 Å². The molecule has 3 atom stereocenters. The normalized spacial score (nSPS) is 14.0. The molecule has 6 heteroatoms. The van der Waals surface area contributed by atoms with Crippen molar-refractivity contribution in [2.45, 2.75) is 251 Å². The number of amides is 1. The van der Waals surface area contributed by atoms with Crippen molar-refractivity contribution in [2.75, 3.05) is 6.61 Å². The number of rotatable bonds is 45. The second-order valence-electron chi connectivity index (χ2n) is 17.3.